The summed E-state index contributed by atoms with van der Waals surface area (Å²) in [6.45, 7) is 6.25. The van der Waals surface area contributed by atoms with Crippen molar-refractivity contribution >= 4 is 21.4 Å². The van der Waals surface area contributed by atoms with Crippen molar-refractivity contribution in [3.8, 4) is 0 Å². The number of hydrogen-bond donors (Lipinski definition) is 1. The summed E-state index contributed by atoms with van der Waals surface area (Å²) in [4.78, 5) is 0. The second-order valence-electron chi connectivity index (χ2n) is 5.56. The van der Waals surface area contributed by atoms with Gasteiger partial charge in [-0.1, -0.05) is 18.2 Å². The van der Waals surface area contributed by atoms with Gasteiger partial charge in [0.15, 0.2) is 0 Å². The van der Waals surface area contributed by atoms with Crippen LogP contribution in [0.15, 0.2) is 34.1 Å². The van der Waals surface area contributed by atoms with Crippen molar-refractivity contribution in [2.75, 3.05) is 7.05 Å². The van der Waals surface area contributed by atoms with Gasteiger partial charge in [0, 0.05) is 16.3 Å². The molecule has 1 atom stereocenters. The van der Waals surface area contributed by atoms with Crippen molar-refractivity contribution in [1.29, 1.82) is 0 Å². The van der Waals surface area contributed by atoms with Crippen LogP contribution >= 0.6 is 11.3 Å². The van der Waals surface area contributed by atoms with Crippen LogP contribution in [-0.4, -0.2) is 7.05 Å². The van der Waals surface area contributed by atoms with Gasteiger partial charge in [0.05, 0.1) is 0 Å². The van der Waals surface area contributed by atoms with Crippen LogP contribution in [0.1, 0.15) is 34.3 Å². The Morgan fingerprint density at radius 2 is 1.90 bits per heavy atom. The van der Waals surface area contributed by atoms with E-state index in [9.17, 15) is 0 Å². The number of likely N-dealkylation sites (N-methyl/N-ethyl adjacent to an activating group) is 1. The highest BCUT2D eigenvalue weighted by molar-refractivity contribution is 7.17. The molecule has 3 aromatic rings. The lowest BCUT2D eigenvalue weighted by molar-refractivity contribution is 0.490. The summed E-state index contributed by atoms with van der Waals surface area (Å²) >= 11 is 1.82. The number of furan rings is 1. The zero-order valence-electron chi connectivity index (χ0n) is 13.0. The highest BCUT2D eigenvalue weighted by Crippen LogP contribution is 2.33. The maximum absolute atomic E-state index is 5.80. The first-order chi connectivity index (χ1) is 10.1. The molecule has 2 heterocycles. The Kier molecular flexibility index (Phi) is 3.87. The Balaban J connectivity index is 1.98. The van der Waals surface area contributed by atoms with Crippen molar-refractivity contribution in [2.45, 2.75) is 33.2 Å². The van der Waals surface area contributed by atoms with Crippen LogP contribution in [0.2, 0.25) is 0 Å². The maximum Gasteiger partial charge on any atom is 0.106 e. The smallest absolute Gasteiger partial charge is 0.106 e. The largest absolute Gasteiger partial charge is 0.466 e. The molecule has 0 amide bonds. The minimum atomic E-state index is 0.292. The topological polar surface area (TPSA) is 25.2 Å². The highest BCUT2D eigenvalue weighted by atomic mass is 32.1. The van der Waals surface area contributed by atoms with E-state index < -0.39 is 0 Å². The van der Waals surface area contributed by atoms with Crippen LogP contribution in [0.25, 0.3) is 10.1 Å². The standard InChI is InChI=1S/C18H21NOS/c1-11-12(2)20-13(3)18(11)16(19-4)9-14-10-21-17-8-6-5-7-15(14)17/h5-8,10,16,19H,9H2,1-4H3. The van der Waals surface area contributed by atoms with Crippen molar-refractivity contribution in [3.63, 3.8) is 0 Å². The maximum atomic E-state index is 5.80. The predicted molar refractivity (Wildman–Crippen MR) is 90.2 cm³/mol. The van der Waals surface area contributed by atoms with Gasteiger partial charge in [0.1, 0.15) is 11.5 Å². The number of rotatable bonds is 4. The molecule has 0 radical (unpaired) electrons. The van der Waals surface area contributed by atoms with Gasteiger partial charge < -0.3 is 9.73 Å². The van der Waals surface area contributed by atoms with Gasteiger partial charge in [-0.2, -0.15) is 0 Å². The molecular weight excluding hydrogens is 278 g/mol. The fourth-order valence-corrected chi connectivity index (χ4v) is 4.06. The van der Waals surface area contributed by atoms with E-state index >= 15 is 0 Å². The lowest BCUT2D eigenvalue weighted by atomic mass is 9.95. The Bertz CT molecular complexity index is 769. The van der Waals surface area contributed by atoms with E-state index in [0.717, 1.165) is 17.9 Å². The van der Waals surface area contributed by atoms with E-state index in [1.54, 1.807) is 0 Å². The molecule has 0 aliphatic rings. The lowest BCUT2D eigenvalue weighted by Gasteiger charge is -2.16. The first kappa shape index (κ1) is 14.4. The predicted octanol–water partition coefficient (Wildman–Crippen LogP) is 4.92. The summed E-state index contributed by atoms with van der Waals surface area (Å²) in [5.74, 6) is 2.06. The zero-order chi connectivity index (χ0) is 15.0. The van der Waals surface area contributed by atoms with Crippen molar-refractivity contribution in [1.82, 2.24) is 5.32 Å². The van der Waals surface area contributed by atoms with E-state index in [-0.39, 0.29) is 0 Å². The Morgan fingerprint density at radius 1 is 1.14 bits per heavy atom. The highest BCUT2D eigenvalue weighted by Gasteiger charge is 2.21. The molecule has 0 saturated heterocycles. The molecule has 1 N–H and O–H groups in total. The molecule has 1 aromatic carbocycles. The number of benzene rings is 1. The summed E-state index contributed by atoms with van der Waals surface area (Å²) in [6, 6.07) is 8.92. The number of aryl methyl sites for hydroxylation is 2. The third-order valence-electron chi connectivity index (χ3n) is 4.30. The molecule has 2 nitrogen and oxygen atoms in total. The molecule has 0 aliphatic heterocycles. The second-order valence-corrected chi connectivity index (χ2v) is 6.47. The van der Waals surface area contributed by atoms with E-state index in [1.165, 1.54) is 26.8 Å². The molecule has 0 spiro atoms. The minimum Gasteiger partial charge on any atom is -0.466 e. The van der Waals surface area contributed by atoms with E-state index in [4.69, 9.17) is 4.42 Å². The number of hydrogen-bond acceptors (Lipinski definition) is 3. The monoisotopic (exact) mass is 299 g/mol. The minimum absolute atomic E-state index is 0.292. The molecule has 0 bridgehead atoms. The molecule has 21 heavy (non-hydrogen) atoms. The normalized spacial score (nSPS) is 13.0. The van der Waals surface area contributed by atoms with Gasteiger partial charge in [-0.25, -0.2) is 0 Å². The molecule has 1 unspecified atom stereocenters. The van der Waals surface area contributed by atoms with Crippen molar-refractivity contribution in [2.24, 2.45) is 0 Å². The molecule has 110 valence electrons. The van der Waals surface area contributed by atoms with Crippen LogP contribution < -0.4 is 5.32 Å². The van der Waals surface area contributed by atoms with Gasteiger partial charge in [-0.05, 0) is 62.2 Å². The number of thiophene rings is 1. The SMILES string of the molecule is CNC(Cc1csc2ccccc12)c1c(C)oc(C)c1C. The van der Waals surface area contributed by atoms with E-state index in [1.807, 2.05) is 25.3 Å². The average Bonchev–Trinajstić information content (AvgIpc) is 2.99. The Morgan fingerprint density at radius 3 is 2.57 bits per heavy atom. The van der Waals surface area contributed by atoms with Crippen LogP contribution in [0.4, 0.5) is 0 Å². The quantitative estimate of drug-likeness (QED) is 0.739. The fourth-order valence-electron chi connectivity index (χ4n) is 3.08. The van der Waals surface area contributed by atoms with Crippen LogP contribution in [0.5, 0.6) is 0 Å². The first-order valence-corrected chi connectivity index (χ1v) is 8.18. The Hall–Kier alpha value is -1.58. The molecule has 2 aromatic heterocycles. The third kappa shape index (κ3) is 2.52. The summed E-state index contributed by atoms with van der Waals surface area (Å²) in [5, 5.41) is 7.12. The van der Waals surface area contributed by atoms with Gasteiger partial charge in [-0.3, -0.25) is 0 Å². The summed E-state index contributed by atoms with van der Waals surface area (Å²) in [5.41, 5.74) is 3.99. The van der Waals surface area contributed by atoms with Crippen LogP contribution in [0.3, 0.4) is 0 Å². The second kappa shape index (κ2) is 5.66. The number of fused-ring (bicyclic) bond motifs is 1. The first-order valence-electron chi connectivity index (χ1n) is 7.30. The van der Waals surface area contributed by atoms with Gasteiger partial charge in [-0.15, -0.1) is 11.3 Å². The van der Waals surface area contributed by atoms with Gasteiger partial charge >= 0.3 is 0 Å². The van der Waals surface area contributed by atoms with Gasteiger partial charge in [0.2, 0.25) is 0 Å². The summed E-state index contributed by atoms with van der Waals surface area (Å²) in [7, 11) is 2.03. The van der Waals surface area contributed by atoms with Gasteiger partial charge in [0.25, 0.3) is 0 Å². The molecule has 0 aliphatic carbocycles. The number of nitrogens with one attached hydrogen (secondary N) is 1. The average molecular weight is 299 g/mol. The Labute approximate surface area is 129 Å². The molecule has 0 fully saturated rings. The summed E-state index contributed by atoms with van der Waals surface area (Å²) < 4.78 is 7.16. The van der Waals surface area contributed by atoms with Crippen LogP contribution in [0, 0.1) is 20.8 Å². The van der Waals surface area contributed by atoms with Crippen LogP contribution in [-0.2, 0) is 6.42 Å². The molecule has 3 rings (SSSR count). The third-order valence-corrected chi connectivity index (χ3v) is 5.31. The fraction of sp³-hybridized carbons (Fsp3) is 0.333. The van der Waals surface area contributed by atoms with Crippen molar-refractivity contribution < 1.29 is 4.42 Å². The van der Waals surface area contributed by atoms with E-state index in [0.29, 0.717) is 6.04 Å². The van der Waals surface area contributed by atoms with E-state index in [2.05, 4.69) is 48.8 Å². The van der Waals surface area contributed by atoms with Crippen molar-refractivity contribution in [3.05, 3.63) is 57.9 Å². The summed E-state index contributed by atoms with van der Waals surface area (Å²) in [6.07, 6.45) is 0.987. The zero-order valence-corrected chi connectivity index (χ0v) is 13.8. The lowest BCUT2D eigenvalue weighted by Crippen LogP contribution is -2.19. The molecular formula is C18H21NOS. The molecule has 3 heteroatoms. The molecule has 0 saturated carbocycles.